The summed E-state index contributed by atoms with van der Waals surface area (Å²) in [5.41, 5.74) is 0. The Hall–Kier alpha value is -1.94. The Morgan fingerprint density at radius 2 is 0.500 bits per heavy atom. The van der Waals surface area contributed by atoms with Crippen molar-refractivity contribution in [2.24, 2.45) is 17.8 Å². The number of hydrogen-bond donors (Lipinski definition) is 3. The highest BCUT2D eigenvalue weighted by molar-refractivity contribution is 7.47. The Kier molecular flexibility index (Phi) is 71.8. The maximum absolute atomic E-state index is 13.1. The largest absolute Gasteiger partial charge is 0.472 e. The van der Waals surface area contributed by atoms with E-state index in [2.05, 4.69) is 48.5 Å². The Balaban J connectivity index is 5.22. The molecule has 0 amide bonds. The standard InChI is InChI=1S/C83H162O17P2/c1-8-11-12-13-14-15-16-17-18-19-20-24-27-30-33-36-42-50-57-64-80(85)93-70-78(99-82(87)66-59-52-43-37-34-31-28-25-22-21-23-26-29-32-35-40-47-54-61-74(4)5)72-97-101(89,90)95-68-77(84)69-96-102(91,92)98-73-79(71-94-81(86)65-58-51-46-45-49-56-63-76(7)10-3)100-83(88)67-60-53-44-39-38-41-48-55-62-75(6)9-2/h74-79,84H,8-73H2,1-7H3,(H,89,90)(H,91,92)/t75?,76?,77-,78-,79-/m1/s1. The molecule has 102 heavy (non-hydrogen) atoms. The fraction of sp³-hybridized carbons (Fsp3) is 0.952. The zero-order valence-electron chi connectivity index (χ0n) is 67.1. The number of hydrogen-bond acceptors (Lipinski definition) is 15. The van der Waals surface area contributed by atoms with Gasteiger partial charge in [0.2, 0.25) is 0 Å². The van der Waals surface area contributed by atoms with E-state index in [4.69, 9.17) is 37.0 Å². The minimum Gasteiger partial charge on any atom is -0.462 e. The lowest BCUT2D eigenvalue weighted by molar-refractivity contribution is -0.161. The van der Waals surface area contributed by atoms with Crippen molar-refractivity contribution in [1.29, 1.82) is 0 Å². The van der Waals surface area contributed by atoms with E-state index in [0.717, 1.165) is 114 Å². The van der Waals surface area contributed by atoms with Gasteiger partial charge in [-0.1, -0.05) is 382 Å². The lowest BCUT2D eigenvalue weighted by Crippen LogP contribution is -2.30. The summed E-state index contributed by atoms with van der Waals surface area (Å²) in [5, 5.41) is 10.6. The van der Waals surface area contributed by atoms with Crippen molar-refractivity contribution in [1.82, 2.24) is 0 Å². The molecule has 0 bridgehead atoms. The first-order chi connectivity index (χ1) is 49.3. The number of esters is 4. The van der Waals surface area contributed by atoms with Gasteiger partial charge in [0.25, 0.3) is 0 Å². The molecule has 0 saturated heterocycles. The number of rotatable bonds is 81. The van der Waals surface area contributed by atoms with Gasteiger partial charge in [-0.15, -0.1) is 0 Å². The third kappa shape index (κ3) is 73.6. The van der Waals surface area contributed by atoms with Crippen LogP contribution in [0, 0.1) is 17.8 Å². The van der Waals surface area contributed by atoms with E-state index in [1.807, 2.05) is 0 Å². The Morgan fingerprint density at radius 3 is 0.745 bits per heavy atom. The van der Waals surface area contributed by atoms with Gasteiger partial charge in [0.05, 0.1) is 26.4 Å². The molecule has 0 fully saturated rings. The molecule has 19 heteroatoms. The smallest absolute Gasteiger partial charge is 0.462 e. The Morgan fingerprint density at radius 1 is 0.284 bits per heavy atom. The van der Waals surface area contributed by atoms with Crippen molar-refractivity contribution < 1.29 is 80.2 Å². The van der Waals surface area contributed by atoms with Crippen LogP contribution in [-0.2, 0) is 65.4 Å². The highest BCUT2D eigenvalue weighted by atomic mass is 31.2. The topological polar surface area (TPSA) is 237 Å². The van der Waals surface area contributed by atoms with Crippen molar-refractivity contribution in [2.45, 2.75) is 452 Å². The number of ether oxygens (including phenoxy) is 4. The third-order valence-electron chi connectivity index (χ3n) is 20.1. The maximum atomic E-state index is 13.1. The molecule has 0 aliphatic carbocycles. The number of carbonyl (C=O) groups is 4. The third-order valence-corrected chi connectivity index (χ3v) is 22.0. The maximum Gasteiger partial charge on any atom is 0.472 e. The highest BCUT2D eigenvalue weighted by Crippen LogP contribution is 2.45. The summed E-state index contributed by atoms with van der Waals surface area (Å²) >= 11 is 0. The predicted molar refractivity (Wildman–Crippen MR) is 418 cm³/mol. The van der Waals surface area contributed by atoms with Crippen LogP contribution in [0.4, 0.5) is 0 Å². The van der Waals surface area contributed by atoms with E-state index in [0.29, 0.717) is 25.7 Å². The quantitative estimate of drug-likeness (QED) is 0.0222. The molecule has 0 saturated carbocycles. The molecule has 7 atom stereocenters. The average molecular weight is 1490 g/mol. The van der Waals surface area contributed by atoms with E-state index in [-0.39, 0.29) is 25.7 Å². The second-order valence-electron chi connectivity index (χ2n) is 30.8. The second kappa shape index (κ2) is 73.2. The number of phosphoric acid groups is 2. The van der Waals surface area contributed by atoms with Gasteiger partial charge in [-0.05, 0) is 43.4 Å². The summed E-state index contributed by atoms with van der Waals surface area (Å²) < 4.78 is 68.7. The fourth-order valence-electron chi connectivity index (χ4n) is 12.8. The molecule has 3 N–H and O–H groups in total. The van der Waals surface area contributed by atoms with E-state index >= 15 is 0 Å². The van der Waals surface area contributed by atoms with Crippen LogP contribution in [0.5, 0.6) is 0 Å². The van der Waals surface area contributed by atoms with Crippen molar-refractivity contribution in [3.05, 3.63) is 0 Å². The van der Waals surface area contributed by atoms with E-state index in [1.165, 1.54) is 238 Å². The number of carbonyl (C=O) groups excluding carboxylic acids is 4. The first kappa shape index (κ1) is 100. The van der Waals surface area contributed by atoms with Gasteiger partial charge >= 0.3 is 39.5 Å². The molecule has 0 aliphatic heterocycles. The van der Waals surface area contributed by atoms with Crippen LogP contribution in [0.25, 0.3) is 0 Å². The first-order valence-electron chi connectivity index (χ1n) is 42.9. The molecular formula is C83H162O17P2. The molecule has 0 aromatic carbocycles. The Bertz CT molecular complexity index is 1980. The molecule has 0 aromatic rings. The molecule has 4 unspecified atom stereocenters. The fourth-order valence-corrected chi connectivity index (χ4v) is 14.4. The van der Waals surface area contributed by atoms with Crippen molar-refractivity contribution in [3.63, 3.8) is 0 Å². The van der Waals surface area contributed by atoms with Crippen LogP contribution >= 0.6 is 15.6 Å². The normalized spacial score (nSPS) is 14.5. The molecule has 0 aliphatic rings. The molecule has 606 valence electrons. The number of aliphatic hydroxyl groups is 1. The van der Waals surface area contributed by atoms with Gasteiger partial charge in [-0.2, -0.15) is 0 Å². The number of phosphoric ester groups is 2. The summed E-state index contributed by atoms with van der Waals surface area (Å²) in [4.78, 5) is 73.1. The number of unbranched alkanes of at least 4 members (excludes halogenated alkanes) is 47. The molecule has 17 nitrogen and oxygen atoms in total. The van der Waals surface area contributed by atoms with Gasteiger partial charge in [0, 0.05) is 25.7 Å². The minimum atomic E-state index is -4.96. The predicted octanol–water partition coefficient (Wildman–Crippen LogP) is 24.9. The molecule has 0 radical (unpaired) electrons. The minimum absolute atomic E-state index is 0.104. The van der Waals surface area contributed by atoms with Crippen molar-refractivity contribution in [3.8, 4) is 0 Å². The zero-order valence-corrected chi connectivity index (χ0v) is 68.9. The average Bonchev–Trinajstić information content (AvgIpc) is 0.960. The molecule has 0 rings (SSSR count). The summed E-state index contributed by atoms with van der Waals surface area (Å²) in [6.45, 7) is 11.9. The van der Waals surface area contributed by atoms with Gasteiger partial charge in [0.1, 0.15) is 19.3 Å². The van der Waals surface area contributed by atoms with Gasteiger partial charge in [0.15, 0.2) is 12.2 Å². The van der Waals surface area contributed by atoms with Crippen LogP contribution in [-0.4, -0.2) is 96.7 Å². The van der Waals surface area contributed by atoms with Crippen molar-refractivity contribution in [2.75, 3.05) is 39.6 Å². The Labute approximate surface area is 626 Å². The second-order valence-corrected chi connectivity index (χ2v) is 33.7. The van der Waals surface area contributed by atoms with E-state index in [9.17, 15) is 43.2 Å². The SMILES string of the molecule is CCCCCCCCCCCCCCCCCCCCCC(=O)OC[C@H](COP(=O)(O)OC[C@@H](O)COP(=O)(O)OC[C@@H](COC(=O)CCCCCCCCC(C)CC)OC(=O)CCCCCCCCCCC(C)CC)OC(=O)CCCCCCCCCCCCCCCCCCCCC(C)C. The summed E-state index contributed by atoms with van der Waals surface area (Å²) in [6.07, 6.45) is 62.6. The zero-order chi connectivity index (χ0) is 75.1. The molecular weight excluding hydrogens is 1330 g/mol. The van der Waals surface area contributed by atoms with Gasteiger partial charge in [-0.3, -0.25) is 37.3 Å². The lowest BCUT2D eigenvalue weighted by Gasteiger charge is -2.21. The number of aliphatic hydroxyl groups excluding tert-OH is 1. The van der Waals surface area contributed by atoms with Crippen LogP contribution in [0.2, 0.25) is 0 Å². The summed E-state index contributed by atoms with van der Waals surface area (Å²) in [6, 6.07) is 0. The lowest BCUT2D eigenvalue weighted by atomic mass is 9.99. The highest BCUT2D eigenvalue weighted by Gasteiger charge is 2.30. The van der Waals surface area contributed by atoms with Crippen LogP contribution < -0.4 is 0 Å². The van der Waals surface area contributed by atoms with Crippen LogP contribution in [0.15, 0.2) is 0 Å². The molecule has 0 spiro atoms. The summed E-state index contributed by atoms with van der Waals surface area (Å²) in [5.74, 6) is 0.208. The van der Waals surface area contributed by atoms with Crippen LogP contribution in [0.1, 0.15) is 434 Å². The summed E-state index contributed by atoms with van der Waals surface area (Å²) in [7, 11) is -9.92. The monoisotopic (exact) mass is 1490 g/mol. The van der Waals surface area contributed by atoms with Gasteiger partial charge < -0.3 is 33.8 Å². The van der Waals surface area contributed by atoms with Crippen LogP contribution in [0.3, 0.4) is 0 Å². The van der Waals surface area contributed by atoms with Crippen molar-refractivity contribution >= 4 is 39.5 Å². The first-order valence-corrected chi connectivity index (χ1v) is 45.9. The molecule has 0 heterocycles. The molecule has 0 aromatic heterocycles. The van der Waals surface area contributed by atoms with E-state index < -0.39 is 97.5 Å². The van der Waals surface area contributed by atoms with E-state index in [1.54, 1.807) is 0 Å². The van der Waals surface area contributed by atoms with Gasteiger partial charge in [-0.25, -0.2) is 9.13 Å².